The normalized spacial score (nSPS) is 16.9. The number of rotatable bonds is 7. The van der Waals surface area contributed by atoms with Gasteiger partial charge in [0.15, 0.2) is 0 Å². The Hall–Kier alpha value is -4.65. The molecule has 1 N–H and O–H groups in total. The van der Waals surface area contributed by atoms with Crippen molar-refractivity contribution in [2.24, 2.45) is 0 Å². The van der Waals surface area contributed by atoms with Gasteiger partial charge in [0.05, 0.1) is 24.4 Å². The zero-order valence-corrected chi connectivity index (χ0v) is 19.1. The second kappa shape index (κ2) is 9.92. The Kier molecular flexibility index (Phi) is 6.36. The molecule has 1 fully saturated rings. The van der Waals surface area contributed by atoms with Gasteiger partial charge in [-0.2, -0.15) is 0 Å². The van der Waals surface area contributed by atoms with Crippen LogP contribution in [0.5, 0.6) is 5.75 Å². The third-order valence-electron chi connectivity index (χ3n) is 6.01. The lowest BCUT2D eigenvalue weighted by molar-refractivity contribution is -0.140. The molecule has 0 radical (unpaired) electrons. The first-order valence-corrected chi connectivity index (χ1v) is 11.3. The summed E-state index contributed by atoms with van der Waals surface area (Å²) in [5, 5.41) is 11.0. The molecule has 180 valence electrons. The van der Waals surface area contributed by atoms with Gasteiger partial charge in [0, 0.05) is 5.56 Å². The van der Waals surface area contributed by atoms with E-state index >= 15 is 0 Å². The maximum absolute atomic E-state index is 13.4. The molecule has 1 atom stereocenters. The number of carbonyl (C=O) groups is 2. The molecular formula is C29H22FNO5. The summed E-state index contributed by atoms with van der Waals surface area (Å²) in [7, 11) is 0. The highest BCUT2D eigenvalue weighted by Gasteiger charge is 2.46. The third-order valence-corrected chi connectivity index (χ3v) is 6.01. The van der Waals surface area contributed by atoms with Crippen molar-refractivity contribution < 1.29 is 28.2 Å². The highest BCUT2D eigenvalue weighted by molar-refractivity contribution is 6.46. The lowest BCUT2D eigenvalue weighted by Gasteiger charge is -2.24. The van der Waals surface area contributed by atoms with E-state index in [0.717, 1.165) is 5.56 Å². The highest BCUT2D eigenvalue weighted by Crippen LogP contribution is 2.40. The van der Waals surface area contributed by atoms with Gasteiger partial charge in [-0.1, -0.05) is 42.5 Å². The molecular weight excluding hydrogens is 461 g/mol. The van der Waals surface area contributed by atoms with Crippen molar-refractivity contribution in [3.63, 3.8) is 0 Å². The Morgan fingerprint density at radius 1 is 0.917 bits per heavy atom. The van der Waals surface area contributed by atoms with Gasteiger partial charge in [-0.25, -0.2) is 4.39 Å². The number of aliphatic hydroxyl groups is 1. The van der Waals surface area contributed by atoms with E-state index in [0.29, 0.717) is 23.7 Å². The molecule has 1 unspecified atom stereocenters. The fraction of sp³-hybridized carbons (Fsp3) is 0.103. The first-order valence-electron chi connectivity index (χ1n) is 11.3. The Bertz CT molecular complexity index is 1390. The van der Waals surface area contributed by atoms with Crippen LogP contribution in [-0.4, -0.2) is 21.7 Å². The highest BCUT2D eigenvalue weighted by atomic mass is 19.1. The fourth-order valence-corrected chi connectivity index (χ4v) is 4.21. The number of benzene rings is 3. The van der Waals surface area contributed by atoms with Crippen molar-refractivity contribution in [3.05, 3.63) is 131 Å². The molecule has 0 saturated carbocycles. The molecule has 1 saturated heterocycles. The quantitative estimate of drug-likeness (QED) is 0.210. The van der Waals surface area contributed by atoms with Gasteiger partial charge in [-0.05, 0) is 59.7 Å². The van der Waals surface area contributed by atoms with Crippen LogP contribution in [-0.2, 0) is 22.7 Å². The van der Waals surface area contributed by atoms with Crippen molar-refractivity contribution in [1.29, 1.82) is 0 Å². The number of amides is 1. The van der Waals surface area contributed by atoms with Crippen LogP contribution in [0.2, 0.25) is 0 Å². The summed E-state index contributed by atoms with van der Waals surface area (Å²) in [4.78, 5) is 27.5. The largest absolute Gasteiger partial charge is 0.507 e. The second-order valence-corrected chi connectivity index (χ2v) is 8.36. The predicted molar refractivity (Wildman–Crippen MR) is 130 cm³/mol. The summed E-state index contributed by atoms with van der Waals surface area (Å²) in [6, 6.07) is 24.4. The van der Waals surface area contributed by atoms with Gasteiger partial charge in [-0.15, -0.1) is 0 Å². The molecule has 4 aromatic rings. The molecule has 6 nitrogen and oxygen atoms in total. The van der Waals surface area contributed by atoms with Crippen molar-refractivity contribution in [3.8, 4) is 5.75 Å². The summed E-state index contributed by atoms with van der Waals surface area (Å²) in [6.45, 7) is 0.427. The monoisotopic (exact) mass is 483 g/mol. The van der Waals surface area contributed by atoms with Crippen LogP contribution in [0.15, 0.2) is 107 Å². The van der Waals surface area contributed by atoms with E-state index in [1.165, 1.54) is 35.4 Å². The SMILES string of the molecule is O=C1C(=O)N(Cc2ccco2)C(c2ccc(OCc3ccccc3)cc2)/C1=C(\O)c1ccc(F)cc1. The van der Waals surface area contributed by atoms with E-state index in [2.05, 4.69) is 0 Å². The third kappa shape index (κ3) is 4.63. The number of halogens is 1. The Morgan fingerprint density at radius 3 is 2.31 bits per heavy atom. The van der Waals surface area contributed by atoms with E-state index in [4.69, 9.17) is 9.15 Å². The second-order valence-electron chi connectivity index (χ2n) is 8.36. The minimum absolute atomic E-state index is 0.0364. The van der Waals surface area contributed by atoms with Gasteiger partial charge >= 0.3 is 0 Å². The number of hydrogen-bond donors (Lipinski definition) is 1. The summed E-state index contributed by atoms with van der Waals surface area (Å²) in [5.74, 6) is -1.32. The van der Waals surface area contributed by atoms with Gasteiger partial charge in [-0.3, -0.25) is 9.59 Å². The Labute approximate surface area is 206 Å². The topological polar surface area (TPSA) is 80.0 Å². The number of furan rings is 1. The van der Waals surface area contributed by atoms with Crippen LogP contribution in [0.4, 0.5) is 4.39 Å². The lowest BCUT2D eigenvalue weighted by atomic mass is 9.95. The number of aliphatic hydroxyl groups excluding tert-OH is 1. The molecule has 1 amide bonds. The minimum Gasteiger partial charge on any atom is -0.507 e. The number of nitrogens with zero attached hydrogens (tertiary/aromatic N) is 1. The molecule has 1 aliphatic heterocycles. The maximum Gasteiger partial charge on any atom is 0.296 e. The van der Waals surface area contributed by atoms with Crippen molar-refractivity contribution in [2.45, 2.75) is 19.2 Å². The van der Waals surface area contributed by atoms with Gasteiger partial charge in [0.25, 0.3) is 11.7 Å². The number of Topliss-reactive ketones (excluding diaryl/α,β-unsaturated/α-hetero) is 1. The summed E-state index contributed by atoms with van der Waals surface area (Å²) in [5.41, 5.74) is 1.79. The number of hydrogen-bond acceptors (Lipinski definition) is 5. The molecule has 5 rings (SSSR count). The van der Waals surface area contributed by atoms with Gasteiger partial charge in [0.2, 0.25) is 0 Å². The van der Waals surface area contributed by atoms with Crippen molar-refractivity contribution in [1.82, 2.24) is 4.90 Å². The predicted octanol–water partition coefficient (Wildman–Crippen LogP) is 5.62. The molecule has 0 aliphatic carbocycles. The van der Waals surface area contributed by atoms with Crippen LogP contribution in [0, 0.1) is 5.82 Å². The first-order chi connectivity index (χ1) is 17.5. The molecule has 0 bridgehead atoms. The van der Waals surface area contributed by atoms with Crippen LogP contribution in [0.25, 0.3) is 5.76 Å². The number of ketones is 1. The molecule has 0 spiro atoms. The number of likely N-dealkylation sites (tertiary alicyclic amines) is 1. The van der Waals surface area contributed by atoms with Crippen molar-refractivity contribution in [2.75, 3.05) is 0 Å². The van der Waals surface area contributed by atoms with E-state index in [9.17, 15) is 19.1 Å². The smallest absolute Gasteiger partial charge is 0.296 e. The average molecular weight is 483 g/mol. The summed E-state index contributed by atoms with van der Waals surface area (Å²) < 4.78 is 24.7. The molecule has 3 aromatic carbocycles. The molecule has 7 heteroatoms. The molecule has 36 heavy (non-hydrogen) atoms. The Morgan fingerprint density at radius 2 is 1.64 bits per heavy atom. The van der Waals surface area contributed by atoms with Gasteiger partial charge in [0.1, 0.15) is 29.7 Å². The summed E-state index contributed by atoms with van der Waals surface area (Å²) >= 11 is 0. The zero-order valence-electron chi connectivity index (χ0n) is 19.1. The standard InChI is InChI=1S/C29H22FNO5/c30-22-12-8-21(9-13-22)27(32)25-26(31(29(34)28(25)33)17-24-7-4-16-35-24)20-10-14-23(15-11-20)36-18-19-5-2-1-3-6-19/h1-16,26,32H,17-18H2/b27-25+. The minimum atomic E-state index is -0.872. The number of carbonyl (C=O) groups excluding carboxylic acids is 2. The number of ether oxygens (including phenoxy) is 1. The van der Waals surface area contributed by atoms with Crippen LogP contribution >= 0.6 is 0 Å². The first kappa shape index (κ1) is 23.1. The maximum atomic E-state index is 13.4. The van der Waals surface area contributed by atoms with Crippen LogP contribution in [0.1, 0.15) is 28.5 Å². The van der Waals surface area contributed by atoms with Crippen LogP contribution < -0.4 is 4.74 Å². The van der Waals surface area contributed by atoms with E-state index in [1.807, 2.05) is 30.3 Å². The van der Waals surface area contributed by atoms with Gasteiger partial charge < -0.3 is 19.2 Å². The Balaban J connectivity index is 1.50. The average Bonchev–Trinajstić information content (AvgIpc) is 3.51. The lowest BCUT2D eigenvalue weighted by Crippen LogP contribution is -2.29. The molecule has 1 aromatic heterocycles. The molecule has 1 aliphatic rings. The fourth-order valence-electron chi connectivity index (χ4n) is 4.21. The molecule has 2 heterocycles. The summed E-state index contributed by atoms with van der Waals surface area (Å²) in [6.07, 6.45) is 1.48. The zero-order chi connectivity index (χ0) is 25.1. The van der Waals surface area contributed by atoms with E-state index < -0.39 is 23.5 Å². The van der Waals surface area contributed by atoms with E-state index in [-0.39, 0.29) is 23.4 Å². The van der Waals surface area contributed by atoms with E-state index in [1.54, 1.807) is 36.4 Å². The van der Waals surface area contributed by atoms with Crippen LogP contribution in [0.3, 0.4) is 0 Å². The van der Waals surface area contributed by atoms with Crippen molar-refractivity contribution >= 4 is 17.4 Å².